The molecule has 4 aromatic rings. The van der Waals surface area contributed by atoms with Crippen LogP contribution in [0.1, 0.15) is 68.2 Å². The molecule has 2 aromatic heterocycles. The van der Waals surface area contributed by atoms with Gasteiger partial charge in [0.2, 0.25) is 0 Å². The second-order valence-corrected chi connectivity index (χ2v) is 10.1. The van der Waals surface area contributed by atoms with Crippen molar-refractivity contribution in [1.82, 2.24) is 30.1 Å². The first-order valence-electron chi connectivity index (χ1n) is 11.9. The van der Waals surface area contributed by atoms with Crippen LogP contribution in [0.3, 0.4) is 0 Å². The quantitative estimate of drug-likeness (QED) is 0.420. The van der Waals surface area contributed by atoms with E-state index in [1.165, 1.54) is 11.1 Å². The molecule has 0 aliphatic rings. The normalized spacial score (nSPS) is 13.0. The van der Waals surface area contributed by atoms with Crippen molar-refractivity contribution in [2.75, 3.05) is 0 Å². The highest BCUT2D eigenvalue weighted by Crippen LogP contribution is 2.29. The van der Waals surface area contributed by atoms with Crippen LogP contribution in [0, 0.1) is 13.8 Å². The van der Waals surface area contributed by atoms with Crippen LogP contribution in [-0.2, 0) is 18.6 Å². The summed E-state index contributed by atoms with van der Waals surface area (Å²) >= 11 is 0. The van der Waals surface area contributed by atoms with Gasteiger partial charge in [0.15, 0.2) is 5.82 Å². The van der Waals surface area contributed by atoms with E-state index in [-0.39, 0.29) is 17.1 Å². The van der Waals surface area contributed by atoms with Gasteiger partial charge in [0, 0.05) is 24.2 Å². The molecule has 2 heterocycles. The largest absolute Gasteiger partial charge is 0.322 e. The van der Waals surface area contributed by atoms with Crippen molar-refractivity contribution >= 4 is 10.9 Å². The van der Waals surface area contributed by atoms with Gasteiger partial charge in [0.1, 0.15) is 0 Å². The monoisotopic (exact) mass is 458 g/mol. The number of H-pyrrole nitrogens is 1. The minimum absolute atomic E-state index is 0.0522. The molecule has 0 amide bonds. The highest BCUT2D eigenvalue weighted by atomic mass is 16.1. The van der Waals surface area contributed by atoms with Crippen molar-refractivity contribution in [1.29, 1.82) is 0 Å². The summed E-state index contributed by atoms with van der Waals surface area (Å²) in [6, 6.07) is 16.6. The van der Waals surface area contributed by atoms with Crippen molar-refractivity contribution in [3.8, 4) is 0 Å². The standard InChI is InChI=1S/C27H34N6O/c1-7-24(25-29-30-31-33(25)27(4,5)6)32(16-20-11-8-18(2)9-12-20)17-22-15-21-13-10-19(3)14-23(21)28-26(22)34/h8-15,24H,7,16-17H2,1-6H3,(H,28,34)/t24-/m1/s1. The molecule has 0 aliphatic carbocycles. The number of rotatable bonds is 7. The molecule has 178 valence electrons. The van der Waals surface area contributed by atoms with Gasteiger partial charge in [-0.3, -0.25) is 9.69 Å². The highest BCUT2D eigenvalue weighted by Gasteiger charge is 2.29. The van der Waals surface area contributed by atoms with Crippen LogP contribution in [0.4, 0.5) is 0 Å². The van der Waals surface area contributed by atoms with Crippen molar-refractivity contribution in [3.63, 3.8) is 0 Å². The molecular weight excluding hydrogens is 424 g/mol. The predicted molar refractivity (Wildman–Crippen MR) is 136 cm³/mol. The van der Waals surface area contributed by atoms with Gasteiger partial charge in [-0.05, 0) is 80.1 Å². The fraction of sp³-hybridized carbons (Fsp3) is 0.407. The Bertz CT molecular complexity index is 1330. The SMILES string of the molecule is CC[C@H](c1nnnn1C(C)(C)C)N(Cc1ccc(C)cc1)Cc1cc2ccc(C)cc2[nH]c1=O. The Morgan fingerprint density at radius 2 is 1.71 bits per heavy atom. The van der Waals surface area contributed by atoms with E-state index in [4.69, 9.17) is 0 Å². The first-order chi connectivity index (χ1) is 16.2. The number of aromatic amines is 1. The van der Waals surface area contributed by atoms with E-state index in [2.05, 4.69) is 96.4 Å². The maximum atomic E-state index is 13.1. The molecular formula is C27H34N6O. The van der Waals surface area contributed by atoms with Gasteiger partial charge in [-0.25, -0.2) is 4.68 Å². The summed E-state index contributed by atoms with van der Waals surface area (Å²) in [5.74, 6) is 0.815. The van der Waals surface area contributed by atoms with E-state index in [1.54, 1.807) is 0 Å². The number of hydrogen-bond donors (Lipinski definition) is 1. The van der Waals surface area contributed by atoms with E-state index in [0.29, 0.717) is 13.1 Å². The second-order valence-electron chi connectivity index (χ2n) is 10.1. The van der Waals surface area contributed by atoms with Crippen LogP contribution >= 0.6 is 0 Å². The smallest absolute Gasteiger partial charge is 0.252 e. The minimum Gasteiger partial charge on any atom is -0.322 e. The van der Waals surface area contributed by atoms with E-state index in [9.17, 15) is 4.79 Å². The Labute approximate surface area is 200 Å². The van der Waals surface area contributed by atoms with E-state index in [1.807, 2.05) is 23.7 Å². The number of pyridine rings is 1. The summed E-state index contributed by atoms with van der Waals surface area (Å²) < 4.78 is 1.90. The van der Waals surface area contributed by atoms with E-state index in [0.717, 1.165) is 34.3 Å². The zero-order chi connectivity index (χ0) is 24.5. The van der Waals surface area contributed by atoms with Crippen LogP contribution in [0.2, 0.25) is 0 Å². The zero-order valence-corrected chi connectivity index (χ0v) is 21.0. The Morgan fingerprint density at radius 3 is 2.38 bits per heavy atom. The fourth-order valence-corrected chi connectivity index (χ4v) is 4.38. The third-order valence-corrected chi connectivity index (χ3v) is 6.21. The predicted octanol–water partition coefficient (Wildman–Crippen LogP) is 5.04. The van der Waals surface area contributed by atoms with Crippen molar-refractivity contribution in [2.24, 2.45) is 0 Å². The Balaban J connectivity index is 1.76. The summed E-state index contributed by atoms with van der Waals surface area (Å²) in [6.07, 6.45) is 0.812. The Kier molecular flexibility index (Phi) is 6.66. The molecule has 0 bridgehead atoms. The molecule has 0 saturated heterocycles. The average Bonchev–Trinajstić information content (AvgIpc) is 3.26. The molecule has 0 radical (unpaired) electrons. The molecule has 0 aliphatic heterocycles. The minimum atomic E-state index is -0.250. The van der Waals surface area contributed by atoms with E-state index < -0.39 is 0 Å². The van der Waals surface area contributed by atoms with Crippen molar-refractivity contribution < 1.29 is 0 Å². The first-order valence-corrected chi connectivity index (χ1v) is 11.9. The van der Waals surface area contributed by atoms with Gasteiger partial charge in [-0.1, -0.05) is 48.9 Å². The first kappa shape index (κ1) is 23.8. The number of fused-ring (bicyclic) bond motifs is 1. The highest BCUT2D eigenvalue weighted by molar-refractivity contribution is 5.79. The molecule has 0 spiro atoms. The maximum absolute atomic E-state index is 13.1. The summed E-state index contributed by atoms with van der Waals surface area (Å²) in [4.78, 5) is 18.5. The maximum Gasteiger partial charge on any atom is 0.252 e. The molecule has 4 rings (SSSR count). The lowest BCUT2D eigenvalue weighted by Crippen LogP contribution is -2.35. The molecule has 1 N–H and O–H groups in total. The third-order valence-electron chi connectivity index (χ3n) is 6.21. The van der Waals surface area contributed by atoms with Crippen LogP contribution in [0.5, 0.6) is 0 Å². The Morgan fingerprint density at radius 1 is 1.00 bits per heavy atom. The number of aryl methyl sites for hydroxylation is 2. The van der Waals surface area contributed by atoms with Crippen LogP contribution in [-0.4, -0.2) is 30.1 Å². The van der Waals surface area contributed by atoms with Crippen LogP contribution in [0.25, 0.3) is 10.9 Å². The summed E-state index contributed by atoms with van der Waals surface area (Å²) in [6.45, 7) is 13.7. The fourth-order valence-electron chi connectivity index (χ4n) is 4.38. The molecule has 0 saturated carbocycles. The molecule has 7 heteroatoms. The lowest BCUT2D eigenvalue weighted by atomic mass is 10.0. The van der Waals surface area contributed by atoms with Crippen molar-refractivity contribution in [2.45, 2.75) is 72.6 Å². The average molecular weight is 459 g/mol. The number of hydrogen-bond acceptors (Lipinski definition) is 5. The molecule has 0 fully saturated rings. The zero-order valence-electron chi connectivity index (χ0n) is 21.0. The lowest BCUT2D eigenvalue weighted by molar-refractivity contribution is 0.153. The summed E-state index contributed by atoms with van der Waals surface area (Å²) in [7, 11) is 0. The lowest BCUT2D eigenvalue weighted by Gasteiger charge is -2.32. The van der Waals surface area contributed by atoms with Gasteiger partial charge < -0.3 is 4.98 Å². The molecule has 7 nitrogen and oxygen atoms in total. The van der Waals surface area contributed by atoms with Gasteiger partial charge in [-0.2, -0.15) is 0 Å². The summed E-state index contributed by atoms with van der Waals surface area (Å²) in [5, 5.41) is 13.8. The number of aromatic nitrogens is 5. The number of tetrazole rings is 1. The van der Waals surface area contributed by atoms with Gasteiger partial charge in [-0.15, -0.1) is 5.10 Å². The van der Waals surface area contributed by atoms with E-state index >= 15 is 0 Å². The summed E-state index contributed by atoms with van der Waals surface area (Å²) in [5.41, 5.74) is 4.82. The molecule has 1 atom stereocenters. The number of benzene rings is 2. The third kappa shape index (κ3) is 5.09. The second kappa shape index (κ2) is 9.50. The molecule has 2 aromatic carbocycles. The van der Waals surface area contributed by atoms with Crippen molar-refractivity contribution in [3.05, 3.63) is 87.0 Å². The molecule has 0 unspecified atom stereocenters. The Hall–Kier alpha value is -3.32. The van der Waals surface area contributed by atoms with Gasteiger partial charge in [0.05, 0.1) is 11.6 Å². The molecule has 34 heavy (non-hydrogen) atoms. The topological polar surface area (TPSA) is 79.7 Å². The number of nitrogens with one attached hydrogen (secondary N) is 1. The van der Waals surface area contributed by atoms with Crippen LogP contribution < -0.4 is 5.56 Å². The van der Waals surface area contributed by atoms with Crippen LogP contribution in [0.15, 0.2) is 53.3 Å². The number of nitrogens with zero attached hydrogens (tertiary/aromatic N) is 5. The van der Waals surface area contributed by atoms with Gasteiger partial charge in [0.25, 0.3) is 5.56 Å². The van der Waals surface area contributed by atoms with Gasteiger partial charge >= 0.3 is 0 Å².